The highest BCUT2D eigenvalue weighted by molar-refractivity contribution is 6.41. The summed E-state index contributed by atoms with van der Waals surface area (Å²) in [6.07, 6.45) is 2.69. The summed E-state index contributed by atoms with van der Waals surface area (Å²) >= 11 is 0. The van der Waals surface area contributed by atoms with Crippen molar-refractivity contribution < 1.29 is 34.6 Å². The number of rotatable bonds is 8. The minimum atomic E-state index is -1.56. The van der Waals surface area contributed by atoms with Gasteiger partial charge in [-0.1, -0.05) is 12.1 Å². The number of hydrogen-bond acceptors (Lipinski definition) is 8. The van der Waals surface area contributed by atoms with Crippen LogP contribution >= 0.6 is 0 Å². The number of ether oxygens (including phenoxy) is 1. The zero-order chi connectivity index (χ0) is 21.8. The van der Waals surface area contributed by atoms with Crippen molar-refractivity contribution in [2.24, 2.45) is 5.73 Å². The average molecular weight is 415 g/mol. The molecule has 1 saturated heterocycles. The second-order valence-electron chi connectivity index (χ2n) is 7.02. The van der Waals surface area contributed by atoms with Crippen LogP contribution in [0.25, 0.3) is 0 Å². The first kappa shape index (κ1) is 21.6. The fraction of sp³-hybridized carbons (Fsp3) is 0.316. The van der Waals surface area contributed by atoms with E-state index in [1.807, 2.05) is 0 Å². The molecule has 1 aliphatic heterocycles. The lowest BCUT2D eigenvalue weighted by Crippen LogP contribution is -2.58. The van der Waals surface area contributed by atoms with E-state index in [1.54, 1.807) is 18.3 Å². The SMILES string of the molecule is NC(C(=O)N1CC(Oc2ccc(CCB(O)O)c(O)c2C(=O)O)C1)c1cccnc1. The van der Waals surface area contributed by atoms with Gasteiger partial charge in [0.25, 0.3) is 0 Å². The molecule has 1 fully saturated rings. The lowest BCUT2D eigenvalue weighted by molar-refractivity contribution is -0.141. The molecule has 1 aromatic heterocycles. The maximum atomic E-state index is 12.5. The number of phenols is 1. The first-order chi connectivity index (χ1) is 14.3. The van der Waals surface area contributed by atoms with E-state index in [9.17, 15) is 19.8 Å². The Balaban J connectivity index is 1.64. The van der Waals surface area contributed by atoms with Crippen LogP contribution in [-0.2, 0) is 11.2 Å². The van der Waals surface area contributed by atoms with Crippen LogP contribution in [0, 0.1) is 0 Å². The first-order valence-electron chi connectivity index (χ1n) is 9.33. The molecule has 10 nitrogen and oxygen atoms in total. The van der Waals surface area contributed by atoms with Crippen molar-refractivity contribution in [1.82, 2.24) is 9.88 Å². The molecule has 1 amide bonds. The molecule has 0 radical (unpaired) electrons. The van der Waals surface area contributed by atoms with E-state index < -0.39 is 36.5 Å². The number of aryl methyl sites for hydroxylation is 1. The molecule has 158 valence electrons. The van der Waals surface area contributed by atoms with Gasteiger partial charge in [0, 0.05) is 12.4 Å². The fourth-order valence-electron chi connectivity index (χ4n) is 3.18. The van der Waals surface area contributed by atoms with Gasteiger partial charge in [-0.15, -0.1) is 0 Å². The number of pyridine rings is 1. The zero-order valence-corrected chi connectivity index (χ0v) is 16.0. The van der Waals surface area contributed by atoms with Crippen LogP contribution in [0.15, 0.2) is 36.7 Å². The summed E-state index contributed by atoms with van der Waals surface area (Å²) in [5.74, 6) is -2.17. The Morgan fingerprint density at radius 1 is 1.30 bits per heavy atom. The molecule has 0 spiro atoms. The van der Waals surface area contributed by atoms with Gasteiger partial charge in [-0.05, 0) is 36.0 Å². The van der Waals surface area contributed by atoms with E-state index in [2.05, 4.69) is 4.98 Å². The van der Waals surface area contributed by atoms with Crippen molar-refractivity contribution in [3.05, 3.63) is 53.3 Å². The molecule has 1 unspecified atom stereocenters. The largest absolute Gasteiger partial charge is 0.507 e. The van der Waals surface area contributed by atoms with E-state index in [1.165, 1.54) is 23.2 Å². The number of nitrogens with zero attached hydrogens (tertiary/aromatic N) is 2. The second kappa shape index (κ2) is 9.12. The molecular weight excluding hydrogens is 393 g/mol. The molecule has 0 saturated carbocycles. The number of amides is 1. The Bertz CT molecular complexity index is 920. The molecule has 3 rings (SSSR count). The molecule has 1 aliphatic rings. The summed E-state index contributed by atoms with van der Waals surface area (Å²) in [7, 11) is -1.56. The Kier molecular flexibility index (Phi) is 6.55. The molecule has 0 aliphatic carbocycles. The maximum Gasteiger partial charge on any atom is 0.451 e. The molecule has 2 aromatic rings. The van der Waals surface area contributed by atoms with Crippen LogP contribution < -0.4 is 10.5 Å². The van der Waals surface area contributed by atoms with E-state index in [4.69, 9.17) is 20.5 Å². The quantitative estimate of drug-likeness (QED) is 0.367. The number of benzene rings is 1. The molecule has 1 aromatic carbocycles. The van der Waals surface area contributed by atoms with Gasteiger partial charge in [0.15, 0.2) is 0 Å². The lowest BCUT2D eigenvalue weighted by Gasteiger charge is -2.40. The zero-order valence-electron chi connectivity index (χ0n) is 16.0. The third-order valence-electron chi connectivity index (χ3n) is 4.87. The summed E-state index contributed by atoms with van der Waals surface area (Å²) in [6.45, 7) is 0.455. The highest BCUT2D eigenvalue weighted by Crippen LogP contribution is 2.34. The molecule has 6 N–H and O–H groups in total. The molecule has 30 heavy (non-hydrogen) atoms. The number of carbonyl (C=O) groups excluding carboxylic acids is 1. The summed E-state index contributed by atoms with van der Waals surface area (Å²) in [4.78, 5) is 29.5. The van der Waals surface area contributed by atoms with E-state index in [-0.39, 0.29) is 43.1 Å². The summed E-state index contributed by atoms with van der Waals surface area (Å²) in [5.41, 5.74) is 6.43. The minimum Gasteiger partial charge on any atom is -0.507 e. The number of hydrogen-bond donors (Lipinski definition) is 5. The van der Waals surface area contributed by atoms with Gasteiger partial charge < -0.3 is 35.6 Å². The molecule has 11 heteroatoms. The number of nitrogens with two attached hydrogens (primary N) is 1. The smallest absolute Gasteiger partial charge is 0.451 e. The summed E-state index contributed by atoms with van der Waals surface area (Å²) in [6, 6.07) is 5.44. The summed E-state index contributed by atoms with van der Waals surface area (Å²) < 4.78 is 5.68. The van der Waals surface area contributed by atoms with Crippen molar-refractivity contribution in [3.63, 3.8) is 0 Å². The first-order valence-corrected chi connectivity index (χ1v) is 9.33. The van der Waals surface area contributed by atoms with Gasteiger partial charge in [-0.2, -0.15) is 0 Å². The number of aromatic carboxylic acids is 1. The highest BCUT2D eigenvalue weighted by atomic mass is 16.5. The van der Waals surface area contributed by atoms with Crippen molar-refractivity contribution in [2.75, 3.05) is 13.1 Å². The van der Waals surface area contributed by atoms with E-state index in [0.29, 0.717) is 5.56 Å². The Morgan fingerprint density at radius 2 is 2.03 bits per heavy atom. The standard InChI is InChI=1S/C19H22BN3O7/c21-16(12-2-1-7-22-8-12)18(25)23-9-13(10-23)30-14-4-3-11(5-6-20(28)29)17(24)15(14)19(26)27/h1-4,7-8,13,16,24,28-29H,5-6,9-10,21H2,(H,26,27). The minimum absolute atomic E-state index is 0.0260. The van der Waals surface area contributed by atoms with Crippen molar-refractivity contribution in [3.8, 4) is 11.5 Å². The highest BCUT2D eigenvalue weighted by Gasteiger charge is 2.36. The predicted octanol–water partition coefficient (Wildman–Crippen LogP) is -0.210. The topological polar surface area (TPSA) is 166 Å². The lowest BCUT2D eigenvalue weighted by atomic mass is 9.82. The van der Waals surface area contributed by atoms with Crippen LogP contribution in [0.2, 0.25) is 6.32 Å². The average Bonchev–Trinajstić information content (AvgIpc) is 2.68. The van der Waals surface area contributed by atoms with Crippen molar-refractivity contribution >= 4 is 19.0 Å². The van der Waals surface area contributed by atoms with Crippen LogP contribution in [0.1, 0.15) is 27.5 Å². The third-order valence-corrected chi connectivity index (χ3v) is 4.87. The Hall–Kier alpha value is -3.15. The van der Waals surface area contributed by atoms with Crippen molar-refractivity contribution in [1.29, 1.82) is 0 Å². The maximum absolute atomic E-state index is 12.5. The number of carboxylic acids is 1. The third kappa shape index (κ3) is 4.70. The van der Waals surface area contributed by atoms with Gasteiger partial charge in [-0.3, -0.25) is 9.78 Å². The van der Waals surface area contributed by atoms with Gasteiger partial charge in [0.1, 0.15) is 29.2 Å². The van der Waals surface area contributed by atoms with E-state index >= 15 is 0 Å². The summed E-state index contributed by atoms with van der Waals surface area (Å²) in [5, 5.41) is 37.7. The second-order valence-corrected chi connectivity index (χ2v) is 7.02. The van der Waals surface area contributed by atoms with Crippen LogP contribution in [0.4, 0.5) is 0 Å². The van der Waals surface area contributed by atoms with Gasteiger partial charge in [0.05, 0.1) is 13.1 Å². The Labute approximate surface area is 172 Å². The number of carbonyl (C=O) groups is 2. The predicted molar refractivity (Wildman–Crippen MR) is 106 cm³/mol. The number of likely N-dealkylation sites (tertiary alicyclic amines) is 1. The number of aromatic nitrogens is 1. The van der Waals surface area contributed by atoms with Gasteiger partial charge >= 0.3 is 13.1 Å². The van der Waals surface area contributed by atoms with Crippen LogP contribution in [-0.4, -0.2) is 68.3 Å². The number of aromatic hydroxyl groups is 1. The van der Waals surface area contributed by atoms with Gasteiger partial charge in [-0.25, -0.2) is 4.79 Å². The molecule has 1 atom stereocenters. The Morgan fingerprint density at radius 3 is 2.63 bits per heavy atom. The van der Waals surface area contributed by atoms with Crippen molar-refractivity contribution in [2.45, 2.75) is 24.9 Å². The molecule has 2 heterocycles. The van der Waals surface area contributed by atoms with Gasteiger partial charge in [0.2, 0.25) is 5.91 Å². The number of carboxylic acid groups (broad SMARTS) is 1. The van der Waals surface area contributed by atoms with Crippen LogP contribution in [0.5, 0.6) is 11.5 Å². The monoisotopic (exact) mass is 415 g/mol. The molecular formula is C19H22BN3O7. The fourth-order valence-corrected chi connectivity index (χ4v) is 3.18. The van der Waals surface area contributed by atoms with Crippen LogP contribution in [0.3, 0.4) is 0 Å². The normalized spacial score (nSPS) is 14.7. The molecule has 0 bridgehead atoms. The van der Waals surface area contributed by atoms with E-state index in [0.717, 1.165) is 0 Å².